The third-order valence-electron chi connectivity index (χ3n) is 2.84. The second-order valence-electron chi connectivity index (χ2n) is 4.01. The lowest BCUT2D eigenvalue weighted by atomic mass is 9.76. The molecule has 1 N–H and O–H groups in total. The van der Waals surface area contributed by atoms with Crippen LogP contribution in [0.25, 0.3) is 0 Å². The zero-order valence-corrected chi connectivity index (χ0v) is 7.98. The smallest absolute Gasteiger partial charge is 0.00206 e. The van der Waals surface area contributed by atoms with Gasteiger partial charge in [-0.05, 0) is 38.9 Å². The van der Waals surface area contributed by atoms with Crippen molar-refractivity contribution in [3.8, 4) is 0 Å². The van der Waals surface area contributed by atoms with Crippen molar-refractivity contribution < 1.29 is 0 Å². The zero-order chi connectivity index (χ0) is 8.32. The Morgan fingerprint density at radius 2 is 2.00 bits per heavy atom. The van der Waals surface area contributed by atoms with Crippen LogP contribution in [0.15, 0.2) is 0 Å². The molecule has 1 heterocycles. The SMILES string of the molecule is CCC1(CCN(C)C)CNC1. The molecule has 0 spiro atoms. The van der Waals surface area contributed by atoms with Crippen LogP contribution in [0.2, 0.25) is 0 Å². The van der Waals surface area contributed by atoms with Crippen molar-refractivity contribution in [1.82, 2.24) is 10.2 Å². The van der Waals surface area contributed by atoms with Gasteiger partial charge in [-0.1, -0.05) is 6.92 Å². The molecule has 1 rings (SSSR count). The first-order chi connectivity index (χ1) is 5.18. The number of nitrogens with zero attached hydrogens (tertiary/aromatic N) is 1. The van der Waals surface area contributed by atoms with E-state index in [0.29, 0.717) is 5.41 Å². The molecule has 0 radical (unpaired) electrons. The lowest BCUT2D eigenvalue weighted by Crippen LogP contribution is -2.53. The van der Waals surface area contributed by atoms with Crippen molar-refractivity contribution in [2.75, 3.05) is 33.7 Å². The Labute approximate surface area is 70.0 Å². The Bertz CT molecular complexity index is 111. The molecule has 66 valence electrons. The maximum Gasteiger partial charge on any atom is 0.00206 e. The van der Waals surface area contributed by atoms with E-state index in [1.54, 1.807) is 0 Å². The highest BCUT2D eigenvalue weighted by molar-refractivity contribution is 4.91. The maximum absolute atomic E-state index is 3.36. The molecule has 0 aromatic carbocycles. The van der Waals surface area contributed by atoms with Crippen molar-refractivity contribution in [3.05, 3.63) is 0 Å². The summed E-state index contributed by atoms with van der Waals surface area (Å²) in [4.78, 5) is 2.27. The molecular formula is C9H20N2. The molecule has 1 aliphatic rings. The van der Waals surface area contributed by atoms with E-state index in [4.69, 9.17) is 0 Å². The number of hydrogen-bond donors (Lipinski definition) is 1. The van der Waals surface area contributed by atoms with Gasteiger partial charge in [0.2, 0.25) is 0 Å². The molecule has 1 aliphatic heterocycles. The molecule has 0 aliphatic carbocycles. The first-order valence-electron chi connectivity index (χ1n) is 4.54. The fraction of sp³-hybridized carbons (Fsp3) is 1.00. The average Bonchev–Trinajstić information content (AvgIpc) is 1.86. The predicted molar refractivity (Wildman–Crippen MR) is 48.8 cm³/mol. The summed E-state index contributed by atoms with van der Waals surface area (Å²) < 4.78 is 0. The second-order valence-corrected chi connectivity index (χ2v) is 4.01. The van der Waals surface area contributed by atoms with E-state index in [1.807, 2.05) is 0 Å². The van der Waals surface area contributed by atoms with Gasteiger partial charge >= 0.3 is 0 Å². The van der Waals surface area contributed by atoms with Crippen LogP contribution in [-0.2, 0) is 0 Å². The standard InChI is InChI=1S/C9H20N2/c1-4-9(7-10-8-9)5-6-11(2)3/h10H,4-8H2,1-3H3. The first kappa shape index (κ1) is 9.01. The van der Waals surface area contributed by atoms with E-state index >= 15 is 0 Å². The molecule has 0 atom stereocenters. The normalized spacial score (nSPS) is 21.8. The number of rotatable bonds is 4. The van der Waals surface area contributed by atoms with Crippen LogP contribution in [0, 0.1) is 5.41 Å². The van der Waals surface area contributed by atoms with Crippen molar-refractivity contribution in [2.24, 2.45) is 5.41 Å². The van der Waals surface area contributed by atoms with E-state index < -0.39 is 0 Å². The molecule has 0 bridgehead atoms. The van der Waals surface area contributed by atoms with Crippen molar-refractivity contribution in [3.63, 3.8) is 0 Å². The summed E-state index contributed by atoms with van der Waals surface area (Å²) in [6, 6.07) is 0. The van der Waals surface area contributed by atoms with Gasteiger partial charge in [-0.25, -0.2) is 0 Å². The van der Waals surface area contributed by atoms with E-state index in [0.717, 1.165) is 0 Å². The first-order valence-corrected chi connectivity index (χ1v) is 4.54. The minimum Gasteiger partial charge on any atom is -0.316 e. The molecule has 0 unspecified atom stereocenters. The molecule has 1 saturated heterocycles. The van der Waals surface area contributed by atoms with Crippen LogP contribution in [-0.4, -0.2) is 38.6 Å². The Morgan fingerprint density at radius 3 is 2.27 bits per heavy atom. The fourth-order valence-corrected chi connectivity index (χ4v) is 1.54. The van der Waals surface area contributed by atoms with Gasteiger partial charge in [0.1, 0.15) is 0 Å². The highest BCUT2D eigenvalue weighted by Crippen LogP contribution is 2.30. The quantitative estimate of drug-likeness (QED) is 0.651. The molecule has 0 aromatic heterocycles. The summed E-state index contributed by atoms with van der Waals surface area (Å²) in [5, 5.41) is 3.36. The van der Waals surface area contributed by atoms with E-state index in [-0.39, 0.29) is 0 Å². The van der Waals surface area contributed by atoms with Gasteiger partial charge in [0, 0.05) is 13.1 Å². The van der Waals surface area contributed by atoms with Crippen LogP contribution in [0.4, 0.5) is 0 Å². The van der Waals surface area contributed by atoms with E-state index in [1.165, 1.54) is 32.5 Å². The second kappa shape index (κ2) is 3.55. The third kappa shape index (κ3) is 2.17. The molecule has 1 fully saturated rings. The van der Waals surface area contributed by atoms with Crippen molar-refractivity contribution in [1.29, 1.82) is 0 Å². The number of nitrogens with one attached hydrogen (secondary N) is 1. The number of hydrogen-bond acceptors (Lipinski definition) is 2. The highest BCUT2D eigenvalue weighted by Gasteiger charge is 2.34. The third-order valence-corrected chi connectivity index (χ3v) is 2.84. The molecular weight excluding hydrogens is 136 g/mol. The zero-order valence-electron chi connectivity index (χ0n) is 7.98. The fourth-order valence-electron chi connectivity index (χ4n) is 1.54. The molecule has 0 aromatic rings. The van der Waals surface area contributed by atoms with Crippen molar-refractivity contribution in [2.45, 2.75) is 19.8 Å². The lowest BCUT2D eigenvalue weighted by molar-refractivity contribution is 0.131. The van der Waals surface area contributed by atoms with Gasteiger partial charge in [0.25, 0.3) is 0 Å². The van der Waals surface area contributed by atoms with Crippen molar-refractivity contribution >= 4 is 0 Å². The van der Waals surface area contributed by atoms with E-state index in [2.05, 4.69) is 31.2 Å². The Kier molecular flexibility index (Phi) is 2.90. The Morgan fingerprint density at radius 1 is 1.36 bits per heavy atom. The van der Waals surface area contributed by atoms with E-state index in [9.17, 15) is 0 Å². The summed E-state index contributed by atoms with van der Waals surface area (Å²) in [6.45, 7) is 6.00. The van der Waals surface area contributed by atoms with Gasteiger partial charge in [-0.3, -0.25) is 0 Å². The van der Waals surface area contributed by atoms with Crippen LogP contribution in [0.5, 0.6) is 0 Å². The van der Waals surface area contributed by atoms with Crippen LogP contribution < -0.4 is 5.32 Å². The maximum atomic E-state index is 3.36. The minimum atomic E-state index is 0.643. The van der Waals surface area contributed by atoms with Gasteiger partial charge in [-0.15, -0.1) is 0 Å². The van der Waals surface area contributed by atoms with Gasteiger partial charge < -0.3 is 10.2 Å². The topological polar surface area (TPSA) is 15.3 Å². The van der Waals surface area contributed by atoms with Gasteiger partial charge in [0.05, 0.1) is 0 Å². The monoisotopic (exact) mass is 156 g/mol. The Hall–Kier alpha value is -0.0800. The molecule has 0 amide bonds. The van der Waals surface area contributed by atoms with Crippen LogP contribution >= 0.6 is 0 Å². The molecule has 0 saturated carbocycles. The van der Waals surface area contributed by atoms with Crippen LogP contribution in [0.1, 0.15) is 19.8 Å². The minimum absolute atomic E-state index is 0.643. The average molecular weight is 156 g/mol. The van der Waals surface area contributed by atoms with Crippen LogP contribution in [0.3, 0.4) is 0 Å². The highest BCUT2D eigenvalue weighted by atomic mass is 15.1. The lowest BCUT2D eigenvalue weighted by Gasteiger charge is -2.42. The van der Waals surface area contributed by atoms with Gasteiger partial charge in [0.15, 0.2) is 0 Å². The summed E-state index contributed by atoms with van der Waals surface area (Å²) >= 11 is 0. The molecule has 11 heavy (non-hydrogen) atoms. The Balaban J connectivity index is 2.22. The largest absolute Gasteiger partial charge is 0.316 e. The molecule has 2 heteroatoms. The summed E-state index contributed by atoms with van der Waals surface area (Å²) in [7, 11) is 4.30. The summed E-state index contributed by atoms with van der Waals surface area (Å²) in [5.74, 6) is 0. The summed E-state index contributed by atoms with van der Waals surface area (Å²) in [6.07, 6.45) is 2.68. The summed E-state index contributed by atoms with van der Waals surface area (Å²) in [5.41, 5.74) is 0.643. The molecule has 2 nitrogen and oxygen atoms in total. The predicted octanol–water partition coefficient (Wildman–Crippen LogP) is 0.938. The van der Waals surface area contributed by atoms with Gasteiger partial charge in [-0.2, -0.15) is 0 Å².